The number of aromatic nitrogens is 3. The molecule has 0 aliphatic heterocycles. The molecule has 0 N–H and O–H groups in total. The van der Waals surface area contributed by atoms with E-state index in [2.05, 4.69) is 22.2 Å². The smallest absolute Gasteiger partial charge is 0.137 e. The van der Waals surface area contributed by atoms with Crippen LogP contribution in [-0.2, 0) is 17.4 Å². The zero-order chi connectivity index (χ0) is 16.4. The van der Waals surface area contributed by atoms with Crippen LogP contribution in [0.4, 0.5) is 0 Å². The number of benzene rings is 1. The summed E-state index contributed by atoms with van der Waals surface area (Å²) in [5.41, 5.74) is 1.61. The van der Waals surface area contributed by atoms with Gasteiger partial charge in [-0.15, -0.1) is 0 Å². The van der Waals surface area contributed by atoms with Crippen molar-refractivity contribution in [3.05, 3.63) is 47.5 Å². The maximum Gasteiger partial charge on any atom is 0.137 e. The quantitative estimate of drug-likeness (QED) is 0.868. The molecule has 0 amide bonds. The van der Waals surface area contributed by atoms with E-state index >= 15 is 0 Å². The zero-order valence-electron chi connectivity index (χ0n) is 13.3. The van der Waals surface area contributed by atoms with Crippen LogP contribution in [0.5, 0.6) is 0 Å². The van der Waals surface area contributed by atoms with Crippen LogP contribution in [-0.4, -0.2) is 14.8 Å². The monoisotopic (exact) mass is 293 g/mol. The molecule has 0 atom stereocenters. The normalized spacial score (nSPS) is 11.7. The summed E-state index contributed by atoms with van der Waals surface area (Å²) in [6.45, 7) is 8.07. The average Bonchev–Trinajstić information content (AvgIpc) is 3.00. The van der Waals surface area contributed by atoms with Crippen LogP contribution in [0.25, 0.3) is 0 Å². The number of hydrogen-bond acceptors (Lipinski definition) is 4. The molecule has 2 aromatic rings. The molecule has 0 aliphatic carbocycles. The molecule has 112 valence electrons. The molecule has 1 aromatic heterocycles. The number of rotatable bonds is 4. The SMILES string of the molecule is CC(C)(C#N)c1ccc(Cn2cncn2)c(C(C)(C)C#N)c1. The third kappa shape index (κ3) is 2.99. The molecule has 2 rings (SSSR count). The van der Waals surface area contributed by atoms with E-state index in [1.54, 1.807) is 11.0 Å². The van der Waals surface area contributed by atoms with E-state index in [0.29, 0.717) is 6.54 Å². The highest BCUT2D eigenvalue weighted by Crippen LogP contribution is 2.31. The topological polar surface area (TPSA) is 78.3 Å². The molecule has 0 spiro atoms. The van der Waals surface area contributed by atoms with Crippen LogP contribution in [0.2, 0.25) is 0 Å². The Kier molecular flexibility index (Phi) is 4.01. The van der Waals surface area contributed by atoms with Crippen LogP contribution in [0, 0.1) is 22.7 Å². The molecule has 1 aromatic carbocycles. The molecule has 0 fully saturated rings. The summed E-state index contributed by atoms with van der Waals surface area (Å²) in [6.07, 6.45) is 3.14. The Morgan fingerprint density at radius 3 is 2.32 bits per heavy atom. The van der Waals surface area contributed by atoms with E-state index in [1.807, 2.05) is 45.9 Å². The van der Waals surface area contributed by atoms with Crippen molar-refractivity contribution in [3.63, 3.8) is 0 Å². The van der Waals surface area contributed by atoms with E-state index in [4.69, 9.17) is 0 Å². The molecule has 1 heterocycles. The first-order chi connectivity index (χ1) is 10.3. The van der Waals surface area contributed by atoms with Gasteiger partial charge in [-0.1, -0.05) is 18.2 Å². The molecule has 0 unspecified atom stereocenters. The predicted molar refractivity (Wildman–Crippen MR) is 82.8 cm³/mol. The largest absolute Gasteiger partial charge is 0.249 e. The number of hydrogen-bond donors (Lipinski definition) is 0. The van der Waals surface area contributed by atoms with Crippen LogP contribution in [0.1, 0.15) is 44.4 Å². The third-order valence-corrected chi connectivity index (χ3v) is 3.86. The standard InChI is InChI=1S/C17H19N5/c1-16(2,9-18)14-6-5-13(8-22-12-20-11-21-22)15(7-14)17(3,4)10-19/h5-7,11-12H,8H2,1-4H3. The molecule has 0 radical (unpaired) electrons. The molecule has 0 aliphatic rings. The summed E-state index contributed by atoms with van der Waals surface area (Å²) in [4.78, 5) is 3.94. The van der Waals surface area contributed by atoms with Gasteiger partial charge in [0.2, 0.25) is 0 Å². The van der Waals surface area contributed by atoms with Gasteiger partial charge in [-0.3, -0.25) is 0 Å². The molecule has 0 bridgehead atoms. The molecular formula is C17H19N5. The Hall–Kier alpha value is -2.66. The van der Waals surface area contributed by atoms with Gasteiger partial charge in [0.1, 0.15) is 12.7 Å². The zero-order valence-corrected chi connectivity index (χ0v) is 13.3. The Bertz CT molecular complexity index is 742. The highest BCUT2D eigenvalue weighted by Gasteiger charge is 2.27. The van der Waals surface area contributed by atoms with E-state index in [-0.39, 0.29) is 0 Å². The highest BCUT2D eigenvalue weighted by molar-refractivity contribution is 5.44. The second-order valence-corrected chi connectivity index (χ2v) is 6.44. The van der Waals surface area contributed by atoms with Gasteiger partial charge < -0.3 is 0 Å². The third-order valence-electron chi connectivity index (χ3n) is 3.86. The van der Waals surface area contributed by atoms with E-state index in [1.165, 1.54) is 6.33 Å². The van der Waals surface area contributed by atoms with Crippen molar-refractivity contribution in [1.29, 1.82) is 10.5 Å². The van der Waals surface area contributed by atoms with Gasteiger partial charge in [0.25, 0.3) is 0 Å². The lowest BCUT2D eigenvalue weighted by Gasteiger charge is -2.24. The van der Waals surface area contributed by atoms with E-state index in [0.717, 1.165) is 16.7 Å². The fraction of sp³-hybridized carbons (Fsp3) is 0.412. The lowest BCUT2D eigenvalue weighted by Crippen LogP contribution is -2.21. The van der Waals surface area contributed by atoms with Crippen molar-refractivity contribution < 1.29 is 0 Å². The molecule has 0 saturated carbocycles. The fourth-order valence-electron chi connectivity index (χ4n) is 2.30. The first kappa shape index (κ1) is 15.7. The molecule has 5 heteroatoms. The first-order valence-electron chi connectivity index (χ1n) is 7.09. The van der Waals surface area contributed by atoms with Crippen LogP contribution in [0.15, 0.2) is 30.9 Å². The van der Waals surface area contributed by atoms with Gasteiger partial charge in [-0.2, -0.15) is 15.6 Å². The lowest BCUT2D eigenvalue weighted by atomic mass is 9.78. The van der Waals surface area contributed by atoms with Crippen LogP contribution < -0.4 is 0 Å². The van der Waals surface area contributed by atoms with Gasteiger partial charge >= 0.3 is 0 Å². The van der Waals surface area contributed by atoms with Gasteiger partial charge in [0, 0.05) is 0 Å². The van der Waals surface area contributed by atoms with Crippen molar-refractivity contribution in [2.75, 3.05) is 0 Å². The Balaban J connectivity index is 2.55. The van der Waals surface area contributed by atoms with Crippen molar-refractivity contribution in [1.82, 2.24) is 14.8 Å². The maximum atomic E-state index is 9.50. The van der Waals surface area contributed by atoms with Gasteiger partial charge in [0.15, 0.2) is 0 Å². The van der Waals surface area contributed by atoms with E-state index in [9.17, 15) is 10.5 Å². The van der Waals surface area contributed by atoms with E-state index < -0.39 is 10.8 Å². The minimum absolute atomic E-state index is 0.549. The second-order valence-electron chi connectivity index (χ2n) is 6.44. The first-order valence-corrected chi connectivity index (χ1v) is 7.09. The van der Waals surface area contributed by atoms with Gasteiger partial charge in [-0.25, -0.2) is 9.67 Å². The molecule has 5 nitrogen and oxygen atoms in total. The minimum atomic E-state index is -0.641. The Labute approximate surface area is 130 Å². The highest BCUT2D eigenvalue weighted by atomic mass is 15.3. The maximum absolute atomic E-state index is 9.50. The minimum Gasteiger partial charge on any atom is -0.249 e. The molecular weight excluding hydrogens is 274 g/mol. The Morgan fingerprint density at radius 2 is 1.77 bits per heavy atom. The average molecular weight is 293 g/mol. The molecule has 0 saturated heterocycles. The summed E-state index contributed by atoms with van der Waals surface area (Å²) < 4.78 is 1.72. The van der Waals surface area contributed by atoms with Gasteiger partial charge in [-0.05, 0) is 44.4 Å². The van der Waals surface area contributed by atoms with Crippen molar-refractivity contribution >= 4 is 0 Å². The fourth-order valence-corrected chi connectivity index (χ4v) is 2.30. The van der Waals surface area contributed by atoms with Gasteiger partial charge in [0.05, 0.1) is 29.5 Å². The lowest BCUT2D eigenvalue weighted by molar-refractivity contribution is 0.628. The number of nitriles is 2. The van der Waals surface area contributed by atoms with Crippen LogP contribution in [0.3, 0.4) is 0 Å². The van der Waals surface area contributed by atoms with Crippen molar-refractivity contribution in [3.8, 4) is 12.1 Å². The summed E-state index contributed by atoms with van der Waals surface area (Å²) in [5, 5.41) is 23.0. The van der Waals surface area contributed by atoms with Crippen molar-refractivity contribution in [2.45, 2.75) is 45.1 Å². The van der Waals surface area contributed by atoms with Crippen LogP contribution >= 0.6 is 0 Å². The summed E-state index contributed by atoms with van der Waals surface area (Å²) in [5.74, 6) is 0. The predicted octanol–water partition coefficient (Wildman–Crippen LogP) is 2.93. The Morgan fingerprint density at radius 1 is 1.09 bits per heavy atom. The molecule has 22 heavy (non-hydrogen) atoms. The summed E-state index contributed by atoms with van der Waals surface area (Å²) >= 11 is 0. The summed E-state index contributed by atoms with van der Waals surface area (Å²) in [7, 11) is 0. The number of nitrogens with zero attached hydrogens (tertiary/aromatic N) is 5. The van der Waals surface area contributed by atoms with Crippen molar-refractivity contribution in [2.24, 2.45) is 0 Å². The summed E-state index contributed by atoms with van der Waals surface area (Å²) in [6, 6.07) is 10.6. The second kappa shape index (κ2) is 5.61.